The lowest BCUT2D eigenvalue weighted by Crippen LogP contribution is -2.48. The zero-order valence-corrected chi connectivity index (χ0v) is 14.9. The van der Waals surface area contributed by atoms with Crippen LogP contribution < -0.4 is 10.1 Å². The highest BCUT2D eigenvalue weighted by molar-refractivity contribution is 5.87. The number of carbonyl (C=O) groups is 2. The SMILES string of the molecule is CNC(=O)[C@H](C)N(Cc1ccccc1)C(=O)COc1cccc(C)c1. The van der Waals surface area contributed by atoms with Crippen LogP contribution in [0.1, 0.15) is 18.1 Å². The molecule has 132 valence electrons. The van der Waals surface area contributed by atoms with Crippen molar-refractivity contribution in [1.82, 2.24) is 10.2 Å². The fraction of sp³-hybridized carbons (Fsp3) is 0.300. The molecule has 0 aliphatic rings. The van der Waals surface area contributed by atoms with Crippen LogP contribution in [0.15, 0.2) is 54.6 Å². The highest BCUT2D eigenvalue weighted by atomic mass is 16.5. The minimum atomic E-state index is -0.584. The predicted octanol–water partition coefficient (Wildman–Crippen LogP) is 2.54. The molecule has 1 atom stereocenters. The second-order valence-corrected chi connectivity index (χ2v) is 5.90. The third-order valence-electron chi connectivity index (χ3n) is 3.96. The van der Waals surface area contributed by atoms with E-state index >= 15 is 0 Å². The van der Waals surface area contributed by atoms with Gasteiger partial charge in [-0.3, -0.25) is 9.59 Å². The Bertz CT molecular complexity index is 716. The van der Waals surface area contributed by atoms with Crippen LogP contribution in [-0.4, -0.2) is 36.4 Å². The van der Waals surface area contributed by atoms with Gasteiger partial charge in [0.05, 0.1) is 0 Å². The van der Waals surface area contributed by atoms with E-state index < -0.39 is 6.04 Å². The van der Waals surface area contributed by atoms with Gasteiger partial charge < -0.3 is 15.0 Å². The lowest BCUT2D eigenvalue weighted by Gasteiger charge is -2.28. The zero-order valence-electron chi connectivity index (χ0n) is 14.9. The molecule has 2 aromatic rings. The van der Waals surface area contributed by atoms with Crippen molar-refractivity contribution in [3.05, 3.63) is 65.7 Å². The average Bonchev–Trinajstić information content (AvgIpc) is 2.64. The zero-order chi connectivity index (χ0) is 18.2. The highest BCUT2D eigenvalue weighted by Crippen LogP contribution is 2.14. The lowest BCUT2D eigenvalue weighted by atomic mass is 10.1. The Hall–Kier alpha value is -2.82. The van der Waals surface area contributed by atoms with Crippen LogP contribution >= 0.6 is 0 Å². The van der Waals surface area contributed by atoms with Gasteiger partial charge in [0, 0.05) is 13.6 Å². The van der Waals surface area contributed by atoms with Gasteiger partial charge in [0.1, 0.15) is 11.8 Å². The number of ether oxygens (including phenoxy) is 1. The normalized spacial score (nSPS) is 11.5. The molecule has 0 spiro atoms. The molecule has 5 nitrogen and oxygen atoms in total. The molecule has 0 aliphatic heterocycles. The van der Waals surface area contributed by atoms with Crippen molar-refractivity contribution in [2.75, 3.05) is 13.7 Å². The summed E-state index contributed by atoms with van der Waals surface area (Å²) in [6.07, 6.45) is 0. The van der Waals surface area contributed by atoms with Crippen LogP contribution in [0.25, 0.3) is 0 Å². The molecule has 2 aromatic carbocycles. The van der Waals surface area contributed by atoms with Crippen molar-refractivity contribution in [3.8, 4) is 5.75 Å². The molecule has 0 bridgehead atoms. The summed E-state index contributed by atoms with van der Waals surface area (Å²) in [4.78, 5) is 26.2. The number of nitrogens with zero attached hydrogens (tertiary/aromatic N) is 1. The maximum Gasteiger partial charge on any atom is 0.261 e. The molecule has 0 aromatic heterocycles. The number of aryl methyl sites for hydroxylation is 1. The molecule has 0 unspecified atom stereocenters. The Labute approximate surface area is 148 Å². The first-order valence-corrected chi connectivity index (χ1v) is 8.25. The van der Waals surface area contributed by atoms with Crippen LogP contribution in [-0.2, 0) is 16.1 Å². The topological polar surface area (TPSA) is 58.6 Å². The lowest BCUT2D eigenvalue weighted by molar-refractivity contribution is -0.142. The summed E-state index contributed by atoms with van der Waals surface area (Å²) in [7, 11) is 1.56. The van der Waals surface area contributed by atoms with Gasteiger partial charge in [0.15, 0.2) is 6.61 Å². The largest absolute Gasteiger partial charge is 0.484 e. The summed E-state index contributed by atoms with van der Waals surface area (Å²) in [5.41, 5.74) is 2.02. The molecular weight excluding hydrogens is 316 g/mol. The molecular formula is C20H24N2O3. The van der Waals surface area contributed by atoms with E-state index in [-0.39, 0.29) is 18.4 Å². The van der Waals surface area contributed by atoms with E-state index in [1.807, 2.05) is 61.5 Å². The second kappa shape index (κ2) is 8.87. The monoisotopic (exact) mass is 340 g/mol. The summed E-state index contributed by atoms with van der Waals surface area (Å²) in [6.45, 7) is 3.92. The number of benzene rings is 2. The highest BCUT2D eigenvalue weighted by Gasteiger charge is 2.25. The Balaban J connectivity index is 2.10. The van der Waals surface area contributed by atoms with Crippen molar-refractivity contribution in [2.45, 2.75) is 26.4 Å². The first-order chi connectivity index (χ1) is 12.0. The molecule has 0 saturated heterocycles. The van der Waals surface area contributed by atoms with Crippen LogP contribution in [0.3, 0.4) is 0 Å². The summed E-state index contributed by atoms with van der Waals surface area (Å²) in [6, 6.07) is 16.5. The summed E-state index contributed by atoms with van der Waals surface area (Å²) < 4.78 is 5.61. The maximum absolute atomic E-state index is 12.7. The van der Waals surface area contributed by atoms with E-state index in [0.29, 0.717) is 12.3 Å². The first kappa shape index (κ1) is 18.5. The third kappa shape index (κ3) is 5.35. The van der Waals surface area contributed by atoms with Crippen LogP contribution in [0.5, 0.6) is 5.75 Å². The van der Waals surface area contributed by atoms with Gasteiger partial charge in [-0.15, -0.1) is 0 Å². The van der Waals surface area contributed by atoms with Crippen molar-refractivity contribution in [3.63, 3.8) is 0 Å². The second-order valence-electron chi connectivity index (χ2n) is 5.90. The molecule has 0 saturated carbocycles. The number of likely N-dealkylation sites (N-methyl/N-ethyl adjacent to an activating group) is 1. The van der Waals surface area contributed by atoms with Crippen molar-refractivity contribution in [2.24, 2.45) is 0 Å². The molecule has 5 heteroatoms. The standard InChI is InChI=1S/C20H24N2O3/c1-15-8-7-11-18(12-15)25-14-19(23)22(16(2)20(24)21-3)13-17-9-5-4-6-10-17/h4-12,16H,13-14H2,1-3H3,(H,21,24)/t16-/m0/s1. The van der Waals surface area contributed by atoms with E-state index in [0.717, 1.165) is 11.1 Å². The smallest absolute Gasteiger partial charge is 0.261 e. The van der Waals surface area contributed by atoms with Gasteiger partial charge in [-0.05, 0) is 37.1 Å². The number of hydrogen-bond acceptors (Lipinski definition) is 3. The summed E-state index contributed by atoms with van der Waals surface area (Å²) >= 11 is 0. The fourth-order valence-corrected chi connectivity index (χ4v) is 2.50. The Morgan fingerprint density at radius 1 is 1.12 bits per heavy atom. The number of nitrogens with one attached hydrogen (secondary N) is 1. The molecule has 2 rings (SSSR count). The number of carbonyl (C=O) groups excluding carboxylic acids is 2. The number of amides is 2. The Morgan fingerprint density at radius 3 is 2.48 bits per heavy atom. The molecule has 0 aliphatic carbocycles. The minimum absolute atomic E-state index is 0.113. The predicted molar refractivity (Wildman–Crippen MR) is 97.2 cm³/mol. The minimum Gasteiger partial charge on any atom is -0.484 e. The molecule has 0 radical (unpaired) electrons. The summed E-state index contributed by atoms with van der Waals surface area (Å²) in [5.74, 6) is 0.196. The van der Waals surface area contributed by atoms with E-state index in [2.05, 4.69) is 5.32 Å². The summed E-state index contributed by atoms with van der Waals surface area (Å²) in [5, 5.41) is 2.59. The van der Waals surface area contributed by atoms with E-state index in [1.165, 1.54) is 4.90 Å². The van der Waals surface area contributed by atoms with Gasteiger partial charge in [-0.2, -0.15) is 0 Å². The fourth-order valence-electron chi connectivity index (χ4n) is 2.50. The molecule has 25 heavy (non-hydrogen) atoms. The quantitative estimate of drug-likeness (QED) is 0.843. The van der Waals surface area contributed by atoms with Crippen LogP contribution in [0.2, 0.25) is 0 Å². The molecule has 1 N–H and O–H groups in total. The number of rotatable bonds is 7. The van der Waals surface area contributed by atoms with Crippen molar-refractivity contribution < 1.29 is 14.3 Å². The Kier molecular flexibility index (Phi) is 6.57. The van der Waals surface area contributed by atoms with Gasteiger partial charge >= 0.3 is 0 Å². The van der Waals surface area contributed by atoms with E-state index in [4.69, 9.17) is 4.74 Å². The van der Waals surface area contributed by atoms with Gasteiger partial charge in [-0.1, -0.05) is 42.5 Å². The third-order valence-corrected chi connectivity index (χ3v) is 3.96. The number of hydrogen-bond donors (Lipinski definition) is 1. The first-order valence-electron chi connectivity index (χ1n) is 8.25. The van der Waals surface area contributed by atoms with Gasteiger partial charge in [0.2, 0.25) is 5.91 Å². The molecule has 0 heterocycles. The Morgan fingerprint density at radius 2 is 1.84 bits per heavy atom. The van der Waals surface area contributed by atoms with Gasteiger partial charge in [-0.25, -0.2) is 0 Å². The van der Waals surface area contributed by atoms with Crippen LogP contribution in [0, 0.1) is 6.92 Å². The average molecular weight is 340 g/mol. The van der Waals surface area contributed by atoms with E-state index in [9.17, 15) is 9.59 Å². The van der Waals surface area contributed by atoms with Crippen molar-refractivity contribution in [1.29, 1.82) is 0 Å². The van der Waals surface area contributed by atoms with Gasteiger partial charge in [0.25, 0.3) is 5.91 Å². The van der Waals surface area contributed by atoms with Crippen LogP contribution in [0.4, 0.5) is 0 Å². The molecule has 0 fully saturated rings. The maximum atomic E-state index is 12.7. The molecule has 2 amide bonds. The van der Waals surface area contributed by atoms with E-state index in [1.54, 1.807) is 14.0 Å². The van der Waals surface area contributed by atoms with Crippen molar-refractivity contribution >= 4 is 11.8 Å².